The van der Waals surface area contributed by atoms with Gasteiger partial charge in [-0.15, -0.1) is 0 Å². The molecule has 0 bridgehead atoms. The van der Waals surface area contributed by atoms with Gasteiger partial charge in [-0.2, -0.15) is 0 Å². The van der Waals surface area contributed by atoms with E-state index < -0.39 is 0 Å². The van der Waals surface area contributed by atoms with Crippen LogP contribution >= 0.6 is 15.9 Å². The van der Waals surface area contributed by atoms with Crippen molar-refractivity contribution in [2.75, 3.05) is 5.73 Å². The SMILES string of the molecule is Cc1ccc(OCc2cc(Br)ccc2F)cc1N. The summed E-state index contributed by atoms with van der Waals surface area (Å²) < 4.78 is 19.8. The summed E-state index contributed by atoms with van der Waals surface area (Å²) in [5.74, 6) is 0.357. The molecular weight excluding hydrogens is 297 g/mol. The summed E-state index contributed by atoms with van der Waals surface area (Å²) >= 11 is 3.30. The molecule has 2 rings (SSSR count). The first-order chi connectivity index (χ1) is 8.56. The Labute approximate surface area is 114 Å². The molecule has 18 heavy (non-hydrogen) atoms. The first kappa shape index (κ1) is 12.9. The van der Waals surface area contributed by atoms with Crippen LogP contribution in [-0.4, -0.2) is 0 Å². The van der Waals surface area contributed by atoms with Gasteiger partial charge in [0.25, 0.3) is 0 Å². The highest BCUT2D eigenvalue weighted by atomic mass is 79.9. The highest BCUT2D eigenvalue weighted by Crippen LogP contribution is 2.21. The Kier molecular flexibility index (Phi) is 3.87. The van der Waals surface area contributed by atoms with E-state index in [-0.39, 0.29) is 12.4 Å². The van der Waals surface area contributed by atoms with Gasteiger partial charge in [0.05, 0.1) is 0 Å². The lowest BCUT2D eigenvalue weighted by Gasteiger charge is -2.09. The van der Waals surface area contributed by atoms with Gasteiger partial charge >= 0.3 is 0 Å². The molecule has 0 spiro atoms. The molecule has 0 heterocycles. The van der Waals surface area contributed by atoms with Crippen molar-refractivity contribution in [1.82, 2.24) is 0 Å². The van der Waals surface area contributed by atoms with Crippen molar-refractivity contribution in [3.8, 4) is 5.75 Å². The summed E-state index contributed by atoms with van der Waals surface area (Å²) in [6, 6.07) is 10.2. The number of hydrogen-bond donors (Lipinski definition) is 1. The second-order valence-electron chi connectivity index (χ2n) is 4.04. The van der Waals surface area contributed by atoms with Gasteiger partial charge in [-0.1, -0.05) is 22.0 Å². The van der Waals surface area contributed by atoms with Crippen LogP contribution in [0.15, 0.2) is 40.9 Å². The second-order valence-corrected chi connectivity index (χ2v) is 4.96. The lowest BCUT2D eigenvalue weighted by atomic mass is 10.2. The minimum atomic E-state index is -0.279. The largest absolute Gasteiger partial charge is 0.489 e. The summed E-state index contributed by atoms with van der Waals surface area (Å²) in [6.07, 6.45) is 0. The average molecular weight is 310 g/mol. The smallest absolute Gasteiger partial charge is 0.129 e. The number of rotatable bonds is 3. The fourth-order valence-corrected chi connectivity index (χ4v) is 1.93. The first-order valence-electron chi connectivity index (χ1n) is 5.49. The van der Waals surface area contributed by atoms with E-state index in [4.69, 9.17) is 10.5 Å². The van der Waals surface area contributed by atoms with E-state index in [1.54, 1.807) is 18.2 Å². The predicted molar refractivity (Wildman–Crippen MR) is 74.0 cm³/mol. The third kappa shape index (κ3) is 3.01. The molecule has 0 aromatic heterocycles. The highest BCUT2D eigenvalue weighted by Gasteiger charge is 2.04. The molecule has 2 aromatic carbocycles. The van der Waals surface area contributed by atoms with Crippen molar-refractivity contribution >= 4 is 21.6 Å². The van der Waals surface area contributed by atoms with Crippen LogP contribution in [0.25, 0.3) is 0 Å². The minimum absolute atomic E-state index is 0.174. The summed E-state index contributed by atoms with van der Waals surface area (Å²) in [5.41, 5.74) is 7.95. The molecule has 0 atom stereocenters. The Morgan fingerprint density at radius 3 is 2.72 bits per heavy atom. The maximum absolute atomic E-state index is 13.5. The van der Waals surface area contributed by atoms with Gasteiger partial charge in [0, 0.05) is 21.8 Å². The summed E-state index contributed by atoms with van der Waals surface area (Å²) in [5, 5.41) is 0. The quantitative estimate of drug-likeness (QED) is 0.868. The molecule has 0 aliphatic carbocycles. The van der Waals surface area contributed by atoms with Crippen LogP contribution in [0.1, 0.15) is 11.1 Å². The fraction of sp³-hybridized carbons (Fsp3) is 0.143. The van der Waals surface area contributed by atoms with Gasteiger partial charge in [-0.05, 0) is 36.8 Å². The number of hydrogen-bond acceptors (Lipinski definition) is 2. The van der Waals surface area contributed by atoms with Gasteiger partial charge in [-0.3, -0.25) is 0 Å². The van der Waals surface area contributed by atoms with Crippen molar-refractivity contribution in [2.24, 2.45) is 0 Å². The van der Waals surface area contributed by atoms with Crippen molar-refractivity contribution in [2.45, 2.75) is 13.5 Å². The number of nitrogen functional groups attached to an aromatic ring is 1. The van der Waals surface area contributed by atoms with E-state index in [2.05, 4.69) is 15.9 Å². The van der Waals surface area contributed by atoms with Crippen LogP contribution in [-0.2, 0) is 6.61 Å². The van der Waals surface area contributed by atoms with Crippen LogP contribution in [0.4, 0.5) is 10.1 Å². The van der Waals surface area contributed by atoms with E-state index in [0.717, 1.165) is 10.0 Å². The topological polar surface area (TPSA) is 35.2 Å². The minimum Gasteiger partial charge on any atom is -0.489 e. The van der Waals surface area contributed by atoms with Crippen LogP contribution < -0.4 is 10.5 Å². The standard InChI is InChI=1S/C14H13BrFNO/c1-9-2-4-12(7-14(9)17)18-8-10-6-11(15)3-5-13(10)16/h2-7H,8,17H2,1H3. The molecule has 0 unspecified atom stereocenters. The number of anilines is 1. The van der Waals surface area contributed by atoms with Gasteiger partial charge in [0.2, 0.25) is 0 Å². The zero-order chi connectivity index (χ0) is 13.1. The van der Waals surface area contributed by atoms with Crippen LogP contribution in [0.5, 0.6) is 5.75 Å². The van der Waals surface area contributed by atoms with Gasteiger partial charge in [-0.25, -0.2) is 4.39 Å². The Balaban J connectivity index is 2.11. The maximum atomic E-state index is 13.5. The predicted octanol–water partition coefficient (Wildman–Crippen LogP) is 4.06. The molecular formula is C14H13BrFNO. The van der Waals surface area contributed by atoms with E-state index in [0.29, 0.717) is 17.0 Å². The molecule has 2 nitrogen and oxygen atoms in total. The third-order valence-electron chi connectivity index (χ3n) is 2.65. The second kappa shape index (κ2) is 5.40. The van der Waals surface area contributed by atoms with E-state index in [1.165, 1.54) is 6.07 Å². The monoisotopic (exact) mass is 309 g/mol. The summed E-state index contributed by atoms with van der Waals surface area (Å²) in [6.45, 7) is 2.10. The van der Waals surface area contributed by atoms with E-state index in [9.17, 15) is 4.39 Å². The zero-order valence-corrected chi connectivity index (χ0v) is 11.5. The van der Waals surface area contributed by atoms with Crippen LogP contribution in [0.3, 0.4) is 0 Å². The Bertz CT molecular complexity index is 572. The molecule has 2 N–H and O–H groups in total. The molecule has 0 amide bonds. The van der Waals surface area contributed by atoms with Crippen LogP contribution in [0, 0.1) is 12.7 Å². The first-order valence-corrected chi connectivity index (χ1v) is 6.28. The molecule has 0 saturated carbocycles. The molecule has 0 saturated heterocycles. The normalized spacial score (nSPS) is 10.4. The maximum Gasteiger partial charge on any atom is 0.129 e. The fourth-order valence-electron chi connectivity index (χ4n) is 1.52. The Morgan fingerprint density at radius 2 is 2.00 bits per heavy atom. The highest BCUT2D eigenvalue weighted by molar-refractivity contribution is 9.10. The van der Waals surface area contributed by atoms with Gasteiger partial charge < -0.3 is 10.5 Å². The Hall–Kier alpha value is -1.55. The lowest BCUT2D eigenvalue weighted by molar-refractivity contribution is 0.300. The van der Waals surface area contributed by atoms with E-state index in [1.807, 2.05) is 19.1 Å². The van der Waals surface area contributed by atoms with Crippen molar-refractivity contribution < 1.29 is 9.13 Å². The molecule has 0 aliphatic heterocycles. The molecule has 0 radical (unpaired) electrons. The number of ether oxygens (including phenoxy) is 1. The van der Waals surface area contributed by atoms with Crippen molar-refractivity contribution in [3.63, 3.8) is 0 Å². The van der Waals surface area contributed by atoms with Crippen molar-refractivity contribution in [3.05, 3.63) is 57.8 Å². The summed E-state index contributed by atoms with van der Waals surface area (Å²) in [4.78, 5) is 0. The van der Waals surface area contributed by atoms with Crippen molar-refractivity contribution in [1.29, 1.82) is 0 Å². The molecule has 2 aromatic rings. The number of nitrogens with two attached hydrogens (primary N) is 1. The zero-order valence-electron chi connectivity index (χ0n) is 9.91. The average Bonchev–Trinajstić information content (AvgIpc) is 2.34. The number of halogens is 2. The third-order valence-corrected chi connectivity index (χ3v) is 3.15. The molecule has 94 valence electrons. The summed E-state index contributed by atoms with van der Waals surface area (Å²) in [7, 11) is 0. The van der Waals surface area contributed by atoms with E-state index >= 15 is 0 Å². The molecule has 0 fully saturated rings. The molecule has 4 heteroatoms. The molecule has 0 aliphatic rings. The van der Waals surface area contributed by atoms with Gasteiger partial charge in [0.15, 0.2) is 0 Å². The lowest BCUT2D eigenvalue weighted by Crippen LogP contribution is -1.99. The Morgan fingerprint density at radius 1 is 1.22 bits per heavy atom. The van der Waals surface area contributed by atoms with Crippen LogP contribution in [0.2, 0.25) is 0 Å². The number of benzene rings is 2. The number of aryl methyl sites for hydroxylation is 1. The van der Waals surface area contributed by atoms with Gasteiger partial charge in [0.1, 0.15) is 18.2 Å².